The Morgan fingerprint density at radius 3 is 2.39 bits per heavy atom. The monoisotopic (exact) mass is 384 g/mol. The van der Waals surface area contributed by atoms with E-state index < -0.39 is 17.9 Å². The molecule has 148 valence electrons. The number of amides is 1. The van der Waals surface area contributed by atoms with E-state index in [1.54, 1.807) is 24.3 Å². The van der Waals surface area contributed by atoms with Gasteiger partial charge in [0.1, 0.15) is 5.52 Å². The molecule has 1 amide bonds. The summed E-state index contributed by atoms with van der Waals surface area (Å²) in [7, 11) is 0. The molecule has 0 saturated carbocycles. The van der Waals surface area contributed by atoms with Crippen LogP contribution < -0.4 is 5.32 Å². The first-order chi connectivity index (χ1) is 13.5. The minimum atomic E-state index is -1.67. The second kappa shape index (κ2) is 11.0. The Bertz CT molecular complexity index is 860. The number of aryl methyl sites for hydroxylation is 1. The van der Waals surface area contributed by atoms with Crippen LogP contribution in [-0.4, -0.2) is 29.4 Å². The summed E-state index contributed by atoms with van der Waals surface area (Å²) >= 11 is 0. The van der Waals surface area contributed by atoms with E-state index in [2.05, 4.69) is 24.1 Å². The Morgan fingerprint density at radius 1 is 1.07 bits per heavy atom. The number of carbonyl (C=O) groups excluding carboxylic acids is 2. The predicted octanol–water partition coefficient (Wildman–Crippen LogP) is 4.51. The highest BCUT2D eigenvalue weighted by Gasteiger charge is 2.20. The lowest BCUT2D eigenvalue weighted by Crippen LogP contribution is -2.36. The van der Waals surface area contributed by atoms with Crippen LogP contribution in [0, 0.1) is 0 Å². The van der Waals surface area contributed by atoms with Crippen molar-refractivity contribution in [1.82, 2.24) is 10.3 Å². The molecule has 1 heterocycles. The maximum Gasteiger partial charge on any atom is 0.266 e. The second-order valence-electron chi connectivity index (χ2n) is 6.33. The van der Waals surface area contributed by atoms with Crippen molar-refractivity contribution in [3.63, 3.8) is 0 Å². The lowest BCUT2D eigenvalue weighted by atomic mass is 10.1. The molecule has 0 aliphatic rings. The van der Waals surface area contributed by atoms with E-state index in [0.29, 0.717) is 17.5 Å². The largest absolute Gasteiger partial charge is 0.434 e. The number of nitrogens with zero attached hydrogens (tertiary/aromatic N) is 1. The molecule has 0 bridgehead atoms. The second-order valence-corrected chi connectivity index (χ2v) is 6.33. The highest BCUT2D eigenvalue weighted by Crippen LogP contribution is 2.14. The topological polar surface area (TPSA) is 72.2 Å². The first kappa shape index (κ1) is 21.3. The Balaban J connectivity index is 0.000000878. The number of rotatable bonds is 7. The number of carbonyl (C=O) groups is 2. The summed E-state index contributed by atoms with van der Waals surface area (Å²) in [5, 5.41) is 2.30. The fourth-order valence-corrected chi connectivity index (χ4v) is 2.41. The van der Waals surface area contributed by atoms with Gasteiger partial charge in [-0.3, -0.25) is 9.59 Å². The summed E-state index contributed by atoms with van der Waals surface area (Å²) in [5.41, 5.74) is 2.01. The molecule has 5 nitrogen and oxygen atoms in total. The molecule has 2 aromatic carbocycles. The van der Waals surface area contributed by atoms with Crippen LogP contribution in [0.1, 0.15) is 42.9 Å². The predicted molar refractivity (Wildman–Crippen MR) is 107 cm³/mol. The number of halogens is 1. The average Bonchev–Trinajstić information content (AvgIpc) is 3.15. The molecule has 28 heavy (non-hydrogen) atoms. The zero-order valence-corrected chi connectivity index (χ0v) is 16.2. The Hall–Kier alpha value is -3.02. The van der Waals surface area contributed by atoms with Gasteiger partial charge in [0.25, 0.3) is 11.8 Å². The molecule has 0 aliphatic heterocycles. The summed E-state index contributed by atoms with van der Waals surface area (Å²) in [4.78, 5) is 27.9. The van der Waals surface area contributed by atoms with Gasteiger partial charge in [-0.2, -0.15) is 0 Å². The fourth-order valence-electron chi connectivity index (χ4n) is 2.41. The normalized spacial score (nSPS) is 11.4. The van der Waals surface area contributed by atoms with Crippen molar-refractivity contribution >= 4 is 22.8 Å². The van der Waals surface area contributed by atoms with Gasteiger partial charge in [0.15, 0.2) is 11.8 Å². The molecular weight excluding hydrogens is 359 g/mol. The number of alkyl halides is 1. The third-order valence-electron chi connectivity index (χ3n) is 3.77. The standard InChI is InChI=1S/C19H17FN2O3.C3H8/c20-14(11-10-13-6-2-1-3-7-13)18(24)21-12-16(23)19-22-15-8-4-5-9-17(15)25-19;1-3-2/h1-9,14H,10-12H2,(H,21,24);3H2,1-2H3. The molecule has 0 radical (unpaired) electrons. The van der Waals surface area contributed by atoms with Crippen LogP contribution in [0.3, 0.4) is 0 Å². The smallest absolute Gasteiger partial charge is 0.266 e. The van der Waals surface area contributed by atoms with Gasteiger partial charge >= 0.3 is 0 Å². The van der Waals surface area contributed by atoms with Crippen molar-refractivity contribution < 1.29 is 18.4 Å². The number of hydrogen-bond donors (Lipinski definition) is 1. The quantitative estimate of drug-likeness (QED) is 0.608. The van der Waals surface area contributed by atoms with Crippen LogP contribution in [-0.2, 0) is 11.2 Å². The summed E-state index contributed by atoms with van der Waals surface area (Å²) in [5.74, 6) is -1.40. The molecule has 1 atom stereocenters. The molecule has 6 heteroatoms. The van der Waals surface area contributed by atoms with E-state index in [4.69, 9.17) is 4.42 Å². The van der Waals surface area contributed by atoms with Gasteiger partial charge in [0, 0.05) is 0 Å². The number of fused-ring (bicyclic) bond motifs is 1. The number of oxazole rings is 1. The molecule has 3 rings (SSSR count). The minimum Gasteiger partial charge on any atom is -0.434 e. The zero-order valence-electron chi connectivity index (χ0n) is 16.2. The third-order valence-corrected chi connectivity index (χ3v) is 3.77. The summed E-state index contributed by atoms with van der Waals surface area (Å²) < 4.78 is 19.3. The lowest BCUT2D eigenvalue weighted by molar-refractivity contribution is -0.125. The Labute approximate surface area is 164 Å². The molecule has 0 saturated heterocycles. The third kappa shape index (κ3) is 6.30. The van der Waals surface area contributed by atoms with Crippen molar-refractivity contribution in [1.29, 1.82) is 0 Å². The molecule has 1 N–H and O–H groups in total. The lowest BCUT2D eigenvalue weighted by Gasteiger charge is -2.08. The number of ketones is 1. The first-order valence-corrected chi connectivity index (χ1v) is 9.39. The summed E-state index contributed by atoms with van der Waals surface area (Å²) in [6.45, 7) is 3.90. The number of aromatic nitrogens is 1. The molecule has 0 fully saturated rings. The number of nitrogens with one attached hydrogen (secondary N) is 1. The Kier molecular flexibility index (Phi) is 8.34. The van der Waals surface area contributed by atoms with Gasteiger partial charge in [-0.15, -0.1) is 0 Å². The van der Waals surface area contributed by atoms with Crippen LogP contribution >= 0.6 is 0 Å². The number of benzene rings is 2. The molecule has 1 unspecified atom stereocenters. The van der Waals surface area contributed by atoms with E-state index in [-0.39, 0.29) is 18.9 Å². The average molecular weight is 384 g/mol. The van der Waals surface area contributed by atoms with Gasteiger partial charge in [-0.25, -0.2) is 9.37 Å². The number of hydrogen-bond acceptors (Lipinski definition) is 4. The van der Waals surface area contributed by atoms with Crippen LogP contribution in [0.25, 0.3) is 11.1 Å². The van der Waals surface area contributed by atoms with Crippen molar-refractivity contribution in [3.05, 3.63) is 66.1 Å². The van der Waals surface area contributed by atoms with E-state index in [9.17, 15) is 14.0 Å². The van der Waals surface area contributed by atoms with Crippen LogP contribution in [0.2, 0.25) is 0 Å². The van der Waals surface area contributed by atoms with Crippen molar-refractivity contribution in [3.8, 4) is 0 Å². The van der Waals surface area contributed by atoms with Gasteiger partial charge in [0.05, 0.1) is 6.54 Å². The SMILES string of the molecule is CCC.O=C(CNC(=O)C(F)CCc1ccccc1)c1nc2ccccc2o1. The van der Waals surface area contributed by atoms with E-state index >= 15 is 0 Å². The summed E-state index contributed by atoms with van der Waals surface area (Å²) in [6.07, 6.45) is 0.0955. The molecule has 0 aliphatic carbocycles. The number of para-hydroxylation sites is 2. The Morgan fingerprint density at radius 2 is 1.71 bits per heavy atom. The van der Waals surface area contributed by atoms with E-state index in [1.807, 2.05) is 30.3 Å². The van der Waals surface area contributed by atoms with E-state index in [1.165, 1.54) is 6.42 Å². The molecule has 1 aromatic heterocycles. The minimum absolute atomic E-state index is 0.0624. The zero-order chi connectivity index (χ0) is 20.4. The van der Waals surface area contributed by atoms with Crippen molar-refractivity contribution in [2.75, 3.05) is 6.54 Å². The van der Waals surface area contributed by atoms with E-state index in [0.717, 1.165) is 5.56 Å². The number of Topliss-reactive ketones (excluding diaryl/α,β-unsaturated/α-hetero) is 1. The summed E-state index contributed by atoms with van der Waals surface area (Å²) in [6, 6.07) is 16.3. The molecular formula is C22H25FN2O3. The van der Waals surface area contributed by atoms with Crippen molar-refractivity contribution in [2.45, 2.75) is 39.3 Å². The van der Waals surface area contributed by atoms with Gasteiger partial charge < -0.3 is 9.73 Å². The van der Waals surface area contributed by atoms with Gasteiger partial charge in [0.2, 0.25) is 5.78 Å². The maximum absolute atomic E-state index is 13.9. The maximum atomic E-state index is 13.9. The van der Waals surface area contributed by atoms with Crippen LogP contribution in [0.15, 0.2) is 59.0 Å². The first-order valence-electron chi connectivity index (χ1n) is 9.39. The van der Waals surface area contributed by atoms with Gasteiger partial charge in [-0.1, -0.05) is 62.7 Å². The highest BCUT2D eigenvalue weighted by atomic mass is 19.1. The van der Waals surface area contributed by atoms with Crippen LogP contribution in [0.5, 0.6) is 0 Å². The highest BCUT2D eigenvalue weighted by molar-refractivity contribution is 5.97. The van der Waals surface area contributed by atoms with Gasteiger partial charge in [-0.05, 0) is 30.5 Å². The molecule has 3 aromatic rings. The fraction of sp³-hybridized carbons (Fsp3) is 0.318. The van der Waals surface area contributed by atoms with Crippen molar-refractivity contribution in [2.24, 2.45) is 0 Å². The van der Waals surface area contributed by atoms with Crippen LogP contribution in [0.4, 0.5) is 4.39 Å². The molecule has 0 spiro atoms.